The number of carboxylic acid groups (broad SMARTS) is 1. The van der Waals surface area contributed by atoms with Crippen molar-refractivity contribution in [3.05, 3.63) is 71.3 Å². The number of hydrogen-bond acceptors (Lipinski definition) is 5. The summed E-state index contributed by atoms with van der Waals surface area (Å²) in [5.74, 6) is -8.40. The highest BCUT2D eigenvalue weighted by Crippen LogP contribution is 2.36. The highest BCUT2D eigenvalue weighted by Gasteiger charge is 2.51. The van der Waals surface area contributed by atoms with Crippen molar-refractivity contribution in [1.82, 2.24) is 0 Å². The average Bonchev–Trinajstić information content (AvgIpc) is 2.83. The van der Waals surface area contributed by atoms with Crippen LogP contribution in [-0.4, -0.2) is 34.5 Å². The Morgan fingerprint density at radius 1 is 0.939 bits per heavy atom. The van der Waals surface area contributed by atoms with E-state index in [1.54, 1.807) is 6.07 Å². The van der Waals surface area contributed by atoms with Crippen LogP contribution in [0.15, 0.2) is 54.6 Å². The van der Waals surface area contributed by atoms with Crippen LogP contribution < -0.4 is 0 Å². The second-order valence-corrected chi connectivity index (χ2v) is 8.19. The molecule has 6 nitrogen and oxygen atoms in total. The standard InChI is InChI=1S/C25H26F2O6/c1-2-24(15-7-4-8-16-24)33-22(29)19-13-11-18(12-14-19)21(28)32-20(25(26,27)23(30)31)17-9-5-3-6-10-17/h3,5-6,9-14,20H,2,4,7-8,15-16H2,1H3,(H,30,31). The minimum absolute atomic E-state index is 0.100. The van der Waals surface area contributed by atoms with Crippen molar-refractivity contribution in [2.75, 3.05) is 0 Å². The number of rotatable bonds is 8. The van der Waals surface area contributed by atoms with E-state index in [9.17, 15) is 23.2 Å². The lowest BCUT2D eigenvalue weighted by Gasteiger charge is -2.36. The van der Waals surface area contributed by atoms with Gasteiger partial charge >= 0.3 is 23.8 Å². The Labute approximate surface area is 190 Å². The molecular formula is C25H26F2O6. The van der Waals surface area contributed by atoms with Gasteiger partial charge in [-0.25, -0.2) is 14.4 Å². The first-order valence-corrected chi connectivity index (χ1v) is 10.9. The van der Waals surface area contributed by atoms with Crippen LogP contribution in [0.3, 0.4) is 0 Å². The number of benzene rings is 2. The molecule has 0 aromatic heterocycles. The van der Waals surface area contributed by atoms with Crippen molar-refractivity contribution in [2.24, 2.45) is 0 Å². The van der Waals surface area contributed by atoms with Gasteiger partial charge in [0, 0.05) is 0 Å². The van der Waals surface area contributed by atoms with E-state index in [-0.39, 0.29) is 16.7 Å². The predicted molar refractivity (Wildman–Crippen MR) is 115 cm³/mol. The molecule has 0 bridgehead atoms. The molecule has 1 N–H and O–H groups in total. The summed E-state index contributed by atoms with van der Waals surface area (Å²) < 4.78 is 39.3. The van der Waals surface area contributed by atoms with Gasteiger partial charge in [-0.05, 0) is 61.9 Å². The summed E-state index contributed by atoms with van der Waals surface area (Å²) in [5.41, 5.74) is -0.522. The van der Waals surface area contributed by atoms with Crippen molar-refractivity contribution in [3.63, 3.8) is 0 Å². The number of carbonyl (C=O) groups excluding carboxylic acids is 2. The molecule has 0 aliphatic heterocycles. The van der Waals surface area contributed by atoms with Crippen LogP contribution >= 0.6 is 0 Å². The third-order valence-corrected chi connectivity index (χ3v) is 6.02. The molecule has 0 spiro atoms. The maximum absolute atomic E-state index is 14.3. The van der Waals surface area contributed by atoms with Crippen LogP contribution in [0, 0.1) is 0 Å². The molecule has 8 heteroatoms. The largest absolute Gasteiger partial charge is 0.477 e. The van der Waals surface area contributed by atoms with Gasteiger partial charge in [0.1, 0.15) is 5.60 Å². The first kappa shape index (κ1) is 24.4. The lowest BCUT2D eigenvalue weighted by molar-refractivity contribution is -0.183. The minimum atomic E-state index is -4.34. The summed E-state index contributed by atoms with van der Waals surface area (Å²) >= 11 is 0. The zero-order chi connectivity index (χ0) is 24.1. The quantitative estimate of drug-likeness (QED) is 0.518. The third-order valence-electron chi connectivity index (χ3n) is 6.02. The summed E-state index contributed by atoms with van der Waals surface area (Å²) in [5, 5.41) is 8.94. The fourth-order valence-corrected chi connectivity index (χ4v) is 3.99. The van der Waals surface area contributed by atoms with E-state index in [4.69, 9.17) is 14.6 Å². The Morgan fingerprint density at radius 2 is 1.48 bits per heavy atom. The van der Waals surface area contributed by atoms with Crippen molar-refractivity contribution in [2.45, 2.75) is 63.1 Å². The SMILES string of the molecule is CCC1(OC(=O)c2ccc(C(=O)OC(c3ccccc3)C(F)(F)C(=O)O)cc2)CCCCC1. The van der Waals surface area contributed by atoms with Gasteiger partial charge in [-0.15, -0.1) is 0 Å². The molecule has 1 aliphatic rings. The number of halogens is 2. The number of ether oxygens (including phenoxy) is 2. The fourth-order valence-electron chi connectivity index (χ4n) is 3.99. The molecule has 0 radical (unpaired) electrons. The molecule has 1 saturated carbocycles. The van der Waals surface area contributed by atoms with E-state index >= 15 is 0 Å². The van der Waals surface area contributed by atoms with Crippen molar-refractivity contribution in [3.8, 4) is 0 Å². The third kappa shape index (κ3) is 5.56. The van der Waals surface area contributed by atoms with Gasteiger partial charge < -0.3 is 14.6 Å². The molecular weight excluding hydrogens is 434 g/mol. The monoisotopic (exact) mass is 460 g/mol. The Balaban J connectivity index is 1.74. The first-order chi connectivity index (χ1) is 15.7. The molecule has 0 heterocycles. The van der Waals surface area contributed by atoms with Gasteiger partial charge in [-0.1, -0.05) is 43.7 Å². The average molecular weight is 460 g/mol. The molecule has 1 aliphatic carbocycles. The highest BCUT2D eigenvalue weighted by atomic mass is 19.3. The summed E-state index contributed by atoms with van der Waals surface area (Å²) in [6.07, 6.45) is 3.11. The van der Waals surface area contributed by atoms with E-state index in [1.165, 1.54) is 48.5 Å². The number of carbonyl (C=O) groups is 3. The number of hydrogen-bond donors (Lipinski definition) is 1. The van der Waals surface area contributed by atoms with Crippen LogP contribution in [0.2, 0.25) is 0 Å². The van der Waals surface area contributed by atoms with Crippen LogP contribution in [0.1, 0.15) is 77.8 Å². The molecule has 2 aromatic rings. The fraction of sp³-hybridized carbons (Fsp3) is 0.400. The van der Waals surface area contributed by atoms with Crippen LogP contribution in [0.4, 0.5) is 8.78 Å². The number of esters is 2. The maximum Gasteiger partial charge on any atom is 0.382 e. The number of carboxylic acids is 1. The Morgan fingerprint density at radius 3 is 2.00 bits per heavy atom. The van der Waals surface area contributed by atoms with E-state index in [2.05, 4.69) is 0 Å². The number of aliphatic carboxylic acids is 1. The van der Waals surface area contributed by atoms with E-state index < -0.39 is 35.5 Å². The maximum atomic E-state index is 14.3. The van der Waals surface area contributed by atoms with E-state index in [1.807, 2.05) is 6.92 Å². The topological polar surface area (TPSA) is 89.9 Å². The van der Waals surface area contributed by atoms with Crippen LogP contribution in [0.25, 0.3) is 0 Å². The van der Waals surface area contributed by atoms with Crippen molar-refractivity contribution in [1.29, 1.82) is 0 Å². The Bertz CT molecular complexity index is 982. The summed E-state index contributed by atoms with van der Waals surface area (Å²) in [7, 11) is 0. The van der Waals surface area contributed by atoms with Gasteiger partial charge in [0.2, 0.25) is 6.10 Å². The lowest BCUT2D eigenvalue weighted by atomic mass is 9.82. The molecule has 176 valence electrons. The van der Waals surface area contributed by atoms with Crippen LogP contribution in [0.5, 0.6) is 0 Å². The predicted octanol–water partition coefficient (Wildman–Crippen LogP) is 5.57. The minimum Gasteiger partial charge on any atom is -0.477 e. The lowest BCUT2D eigenvalue weighted by Crippen LogP contribution is -2.38. The molecule has 1 unspecified atom stereocenters. The normalized spacial score (nSPS) is 16.5. The smallest absolute Gasteiger partial charge is 0.382 e. The van der Waals surface area contributed by atoms with E-state index in [0.717, 1.165) is 32.1 Å². The van der Waals surface area contributed by atoms with Gasteiger partial charge in [0.05, 0.1) is 11.1 Å². The van der Waals surface area contributed by atoms with Gasteiger partial charge in [-0.2, -0.15) is 8.78 Å². The van der Waals surface area contributed by atoms with Gasteiger partial charge in [-0.3, -0.25) is 0 Å². The summed E-state index contributed by atoms with van der Waals surface area (Å²) in [4.78, 5) is 36.2. The molecule has 1 atom stereocenters. The zero-order valence-electron chi connectivity index (χ0n) is 18.3. The number of alkyl halides is 2. The van der Waals surface area contributed by atoms with Gasteiger partial charge in [0.15, 0.2) is 0 Å². The molecule has 1 fully saturated rings. The molecule has 0 saturated heterocycles. The second-order valence-electron chi connectivity index (χ2n) is 8.19. The Hall–Kier alpha value is -3.29. The van der Waals surface area contributed by atoms with Crippen LogP contribution in [-0.2, 0) is 14.3 Å². The molecule has 33 heavy (non-hydrogen) atoms. The van der Waals surface area contributed by atoms with Gasteiger partial charge in [0.25, 0.3) is 0 Å². The second kappa shape index (κ2) is 10.1. The van der Waals surface area contributed by atoms with Crippen molar-refractivity contribution < 1.29 is 37.7 Å². The highest BCUT2D eigenvalue weighted by molar-refractivity contribution is 5.93. The summed E-state index contributed by atoms with van der Waals surface area (Å²) in [6, 6.07) is 12.2. The summed E-state index contributed by atoms with van der Waals surface area (Å²) in [6.45, 7) is 1.98. The molecule has 2 aromatic carbocycles. The molecule has 0 amide bonds. The first-order valence-electron chi connectivity index (χ1n) is 10.9. The van der Waals surface area contributed by atoms with Crippen molar-refractivity contribution >= 4 is 17.9 Å². The molecule has 3 rings (SSSR count). The zero-order valence-corrected chi connectivity index (χ0v) is 18.3. The Kier molecular flexibility index (Phi) is 7.46. The van der Waals surface area contributed by atoms with E-state index in [0.29, 0.717) is 6.42 Å².